The minimum Gasteiger partial charge on any atom is -0.329 e. The van der Waals surface area contributed by atoms with Crippen molar-refractivity contribution < 1.29 is 0 Å². The Bertz CT molecular complexity index is 224. The molecule has 0 aliphatic heterocycles. The summed E-state index contributed by atoms with van der Waals surface area (Å²) in [6, 6.07) is 0. The predicted octanol–water partition coefficient (Wildman–Crippen LogP) is 3.43. The molecule has 4 aliphatic carbocycles. The third-order valence-corrected chi connectivity index (χ3v) is 6.98. The lowest BCUT2D eigenvalue weighted by molar-refractivity contribution is 0.0381. The number of thioether (sulfide) groups is 1. The summed E-state index contributed by atoms with van der Waals surface area (Å²) in [5, 5.41) is 0.719. The minimum absolute atomic E-state index is 0.662. The van der Waals surface area contributed by atoms with Gasteiger partial charge in [0.25, 0.3) is 0 Å². The van der Waals surface area contributed by atoms with Crippen LogP contribution in [0.15, 0.2) is 0 Å². The van der Waals surface area contributed by atoms with Crippen LogP contribution >= 0.6 is 11.8 Å². The van der Waals surface area contributed by atoms with Crippen LogP contribution in [-0.2, 0) is 0 Å². The van der Waals surface area contributed by atoms with E-state index in [1.54, 1.807) is 19.3 Å². The molecule has 2 N–H and O–H groups in total. The molecule has 92 valence electrons. The molecule has 4 rings (SSSR count). The van der Waals surface area contributed by atoms with Crippen LogP contribution in [-0.4, -0.2) is 16.5 Å². The molecule has 1 atom stereocenters. The van der Waals surface area contributed by atoms with Crippen LogP contribution in [0, 0.1) is 17.8 Å². The van der Waals surface area contributed by atoms with Crippen molar-refractivity contribution >= 4 is 11.8 Å². The second-order valence-electron chi connectivity index (χ2n) is 6.48. The summed E-state index contributed by atoms with van der Waals surface area (Å²) in [6.45, 7) is 3.17. The van der Waals surface area contributed by atoms with Gasteiger partial charge in [0.15, 0.2) is 0 Å². The lowest BCUT2D eigenvalue weighted by Gasteiger charge is -2.57. The van der Waals surface area contributed by atoms with E-state index in [0.717, 1.165) is 29.5 Å². The molecule has 2 heteroatoms. The van der Waals surface area contributed by atoms with Gasteiger partial charge in [0.05, 0.1) is 0 Å². The van der Waals surface area contributed by atoms with Crippen LogP contribution in [0.3, 0.4) is 0 Å². The molecule has 4 fully saturated rings. The first-order valence-electron chi connectivity index (χ1n) is 7.11. The average Bonchev–Trinajstić information content (AvgIpc) is 2.24. The summed E-state index contributed by atoms with van der Waals surface area (Å²) in [4.78, 5) is 0. The second-order valence-corrected chi connectivity index (χ2v) is 8.25. The molecule has 16 heavy (non-hydrogen) atoms. The van der Waals surface area contributed by atoms with Crippen molar-refractivity contribution in [2.24, 2.45) is 23.5 Å². The van der Waals surface area contributed by atoms with Gasteiger partial charge in [-0.3, -0.25) is 0 Å². The van der Waals surface area contributed by atoms with E-state index in [-0.39, 0.29) is 0 Å². The van der Waals surface area contributed by atoms with Crippen molar-refractivity contribution in [1.29, 1.82) is 0 Å². The Balaban J connectivity index is 1.73. The first kappa shape index (κ1) is 11.4. The molecule has 0 spiro atoms. The van der Waals surface area contributed by atoms with Crippen molar-refractivity contribution in [3.05, 3.63) is 0 Å². The Morgan fingerprint density at radius 2 is 1.62 bits per heavy atom. The minimum atomic E-state index is 0.662. The van der Waals surface area contributed by atoms with Crippen molar-refractivity contribution in [1.82, 2.24) is 0 Å². The standard InChI is InChI=1S/C14H25NS/c1-2-13(9-15)16-14-6-10-3-11(7-14)5-12(4-10)8-14/h10-13H,2-9,15H2,1H3. The lowest BCUT2D eigenvalue weighted by atomic mass is 9.56. The van der Waals surface area contributed by atoms with Gasteiger partial charge < -0.3 is 5.73 Å². The molecule has 0 aromatic carbocycles. The quantitative estimate of drug-likeness (QED) is 0.813. The zero-order valence-corrected chi connectivity index (χ0v) is 11.3. The predicted molar refractivity (Wildman–Crippen MR) is 71.6 cm³/mol. The molecule has 0 saturated heterocycles. The van der Waals surface area contributed by atoms with E-state index in [9.17, 15) is 0 Å². The van der Waals surface area contributed by atoms with Crippen LogP contribution in [0.2, 0.25) is 0 Å². The Hall–Kier alpha value is 0.310. The first-order valence-corrected chi connectivity index (χ1v) is 7.99. The van der Waals surface area contributed by atoms with Crippen LogP contribution < -0.4 is 5.73 Å². The Labute approximate surface area is 104 Å². The lowest BCUT2D eigenvalue weighted by Crippen LogP contribution is -2.49. The number of hydrogen-bond acceptors (Lipinski definition) is 2. The summed E-state index contributed by atoms with van der Waals surface area (Å²) < 4.78 is 0.662. The Morgan fingerprint density at radius 3 is 2.00 bits per heavy atom. The maximum atomic E-state index is 5.89. The van der Waals surface area contributed by atoms with Crippen LogP contribution in [0.4, 0.5) is 0 Å². The highest BCUT2D eigenvalue weighted by atomic mass is 32.2. The highest BCUT2D eigenvalue weighted by Gasteiger charge is 2.51. The summed E-state index contributed by atoms with van der Waals surface area (Å²) >= 11 is 2.28. The number of hydrogen-bond donors (Lipinski definition) is 1. The third kappa shape index (κ3) is 1.92. The van der Waals surface area contributed by atoms with Crippen LogP contribution in [0.1, 0.15) is 51.9 Å². The van der Waals surface area contributed by atoms with Gasteiger partial charge in [-0.25, -0.2) is 0 Å². The zero-order valence-electron chi connectivity index (χ0n) is 10.5. The number of rotatable bonds is 4. The third-order valence-electron chi connectivity index (χ3n) is 5.12. The van der Waals surface area contributed by atoms with Crippen molar-refractivity contribution in [3.63, 3.8) is 0 Å². The topological polar surface area (TPSA) is 26.0 Å². The zero-order chi connectivity index (χ0) is 11.2. The second kappa shape index (κ2) is 4.20. The summed E-state index contributed by atoms with van der Waals surface area (Å²) in [6.07, 6.45) is 10.5. The van der Waals surface area contributed by atoms with E-state index in [1.165, 1.54) is 25.7 Å². The molecule has 4 aliphatic rings. The van der Waals surface area contributed by atoms with E-state index in [2.05, 4.69) is 18.7 Å². The molecule has 1 nitrogen and oxygen atoms in total. The van der Waals surface area contributed by atoms with Gasteiger partial charge in [-0.1, -0.05) is 6.92 Å². The fraction of sp³-hybridized carbons (Fsp3) is 1.00. The normalized spacial score (nSPS) is 47.2. The van der Waals surface area contributed by atoms with E-state index in [0.29, 0.717) is 4.75 Å². The molecule has 4 bridgehead atoms. The first-order chi connectivity index (χ1) is 7.73. The molecule has 0 heterocycles. The van der Waals surface area contributed by atoms with E-state index in [1.807, 2.05) is 0 Å². The highest BCUT2D eigenvalue weighted by molar-refractivity contribution is 8.01. The number of nitrogens with two attached hydrogens (primary N) is 1. The van der Waals surface area contributed by atoms with Crippen molar-refractivity contribution in [2.75, 3.05) is 6.54 Å². The smallest absolute Gasteiger partial charge is 0.0173 e. The maximum Gasteiger partial charge on any atom is 0.0173 e. The highest BCUT2D eigenvalue weighted by Crippen LogP contribution is 2.61. The monoisotopic (exact) mass is 239 g/mol. The largest absolute Gasteiger partial charge is 0.329 e. The van der Waals surface area contributed by atoms with Crippen LogP contribution in [0.5, 0.6) is 0 Å². The fourth-order valence-corrected chi connectivity index (χ4v) is 6.79. The molecule has 0 aromatic rings. The van der Waals surface area contributed by atoms with Crippen molar-refractivity contribution in [3.8, 4) is 0 Å². The SMILES string of the molecule is CCC(CN)SC12CC3CC(CC(C3)C1)C2. The Morgan fingerprint density at radius 1 is 1.12 bits per heavy atom. The van der Waals surface area contributed by atoms with Crippen molar-refractivity contribution in [2.45, 2.75) is 61.9 Å². The molecular weight excluding hydrogens is 214 g/mol. The molecule has 0 amide bonds. The molecule has 4 saturated carbocycles. The van der Waals surface area contributed by atoms with Gasteiger partial charge in [0.2, 0.25) is 0 Å². The fourth-order valence-electron chi connectivity index (χ4n) is 4.83. The molecule has 0 radical (unpaired) electrons. The summed E-state index contributed by atoms with van der Waals surface area (Å²) in [5.74, 6) is 3.23. The maximum absolute atomic E-state index is 5.89. The van der Waals surface area contributed by atoms with Gasteiger partial charge in [0.1, 0.15) is 0 Å². The molecular formula is C14H25NS. The van der Waals surface area contributed by atoms with Gasteiger partial charge in [0, 0.05) is 16.5 Å². The summed E-state index contributed by atoms with van der Waals surface area (Å²) in [7, 11) is 0. The average molecular weight is 239 g/mol. The molecule has 0 aromatic heterocycles. The molecule has 1 unspecified atom stereocenters. The van der Waals surface area contributed by atoms with Gasteiger partial charge in [-0.05, 0) is 62.7 Å². The van der Waals surface area contributed by atoms with Gasteiger partial charge in [-0.15, -0.1) is 0 Å². The van der Waals surface area contributed by atoms with Gasteiger partial charge >= 0.3 is 0 Å². The van der Waals surface area contributed by atoms with E-state index < -0.39 is 0 Å². The van der Waals surface area contributed by atoms with E-state index >= 15 is 0 Å². The van der Waals surface area contributed by atoms with Crippen LogP contribution in [0.25, 0.3) is 0 Å². The van der Waals surface area contributed by atoms with Gasteiger partial charge in [-0.2, -0.15) is 11.8 Å². The van der Waals surface area contributed by atoms with E-state index in [4.69, 9.17) is 5.73 Å². The summed E-state index contributed by atoms with van der Waals surface area (Å²) in [5.41, 5.74) is 5.89. The Kier molecular flexibility index (Phi) is 3.00.